The second-order valence-electron chi connectivity index (χ2n) is 4.13. The molecule has 2 heterocycles. The lowest BCUT2D eigenvalue weighted by molar-refractivity contribution is -0.150. The molecule has 1 N–H and O–H groups in total. The van der Waals surface area contributed by atoms with E-state index in [1.807, 2.05) is 6.92 Å². The summed E-state index contributed by atoms with van der Waals surface area (Å²) in [6, 6.07) is -0.662. The van der Waals surface area contributed by atoms with E-state index < -0.39 is 12.0 Å². The number of carboxylic acids is 1. The van der Waals surface area contributed by atoms with Gasteiger partial charge in [-0.05, 0) is 13.3 Å². The highest BCUT2D eigenvalue weighted by Crippen LogP contribution is 2.28. The summed E-state index contributed by atoms with van der Waals surface area (Å²) in [6.45, 7) is 2.46. The van der Waals surface area contributed by atoms with Crippen LogP contribution in [-0.4, -0.2) is 52.3 Å². The Hall–Kier alpha value is -0.750. The highest BCUT2D eigenvalue weighted by Gasteiger charge is 2.40. The average Bonchev–Trinajstić information content (AvgIpc) is 2.84. The molecule has 2 aliphatic rings. The van der Waals surface area contributed by atoms with Crippen molar-refractivity contribution in [3.05, 3.63) is 0 Å². The van der Waals surface area contributed by atoms with Gasteiger partial charge in [-0.25, -0.2) is 4.79 Å². The van der Waals surface area contributed by atoms with Crippen LogP contribution >= 0.6 is 11.8 Å². The Labute approximate surface area is 98.1 Å². The van der Waals surface area contributed by atoms with E-state index in [0.717, 1.165) is 0 Å². The van der Waals surface area contributed by atoms with Crippen LogP contribution in [0.1, 0.15) is 13.3 Å². The summed E-state index contributed by atoms with van der Waals surface area (Å²) < 4.78 is 5.34. The van der Waals surface area contributed by atoms with Gasteiger partial charge in [0.2, 0.25) is 5.91 Å². The van der Waals surface area contributed by atoms with Gasteiger partial charge in [-0.1, -0.05) is 0 Å². The molecule has 90 valence electrons. The molecule has 2 saturated heterocycles. The summed E-state index contributed by atoms with van der Waals surface area (Å²) in [6.07, 6.45) is 0.612. The number of nitrogens with zero attached hydrogens (tertiary/aromatic N) is 1. The van der Waals surface area contributed by atoms with E-state index in [2.05, 4.69) is 0 Å². The van der Waals surface area contributed by atoms with Gasteiger partial charge in [-0.2, -0.15) is 0 Å². The summed E-state index contributed by atoms with van der Waals surface area (Å²) in [5.74, 6) is -0.171. The number of aliphatic carboxylic acids is 1. The maximum Gasteiger partial charge on any atom is 0.327 e. The molecule has 0 aromatic heterocycles. The van der Waals surface area contributed by atoms with Gasteiger partial charge in [-0.3, -0.25) is 4.79 Å². The third kappa shape index (κ3) is 2.04. The molecular formula is C10H15NO4S. The van der Waals surface area contributed by atoms with Crippen LogP contribution in [0.5, 0.6) is 0 Å². The maximum atomic E-state index is 12.1. The number of carbonyl (C=O) groups excluding carboxylic acids is 1. The van der Waals surface area contributed by atoms with Gasteiger partial charge in [0.1, 0.15) is 6.04 Å². The van der Waals surface area contributed by atoms with Gasteiger partial charge < -0.3 is 14.7 Å². The SMILES string of the molecule is CC1OCCC1C(=O)N1CSCC1C(=O)O. The molecule has 2 aliphatic heterocycles. The highest BCUT2D eigenvalue weighted by molar-refractivity contribution is 7.99. The molecule has 0 aromatic carbocycles. The molecule has 5 nitrogen and oxygen atoms in total. The van der Waals surface area contributed by atoms with Crippen molar-refractivity contribution in [1.82, 2.24) is 4.90 Å². The van der Waals surface area contributed by atoms with Crippen LogP contribution in [0.4, 0.5) is 0 Å². The molecule has 0 radical (unpaired) electrons. The molecule has 16 heavy (non-hydrogen) atoms. The normalized spacial score (nSPS) is 34.3. The minimum absolute atomic E-state index is 0.0672. The first kappa shape index (κ1) is 11.7. The monoisotopic (exact) mass is 245 g/mol. The third-order valence-electron chi connectivity index (χ3n) is 3.14. The Balaban J connectivity index is 2.06. The Morgan fingerprint density at radius 3 is 2.81 bits per heavy atom. The fraction of sp³-hybridized carbons (Fsp3) is 0.800. The Kier molecular flexibility index (Phi) is 3.39. The van der Waals surface area contributed by atoms with Crippen LogP contribution in [0.3, 0.4) is 0 Å². The standard InChI is InChI=1S/C10H15NO4S/c1-6-7(2-3-15-6)9(12)11-5-16-4-8(11)10(13)14/h6-8H,2-5H2,1H3,(H,13,14). The number of carboxylic acid groups (broad SMARTS) is 1. The molecule has 0 bridgehead atoms. The molecule has 0 aliphatic carbocycles. The van der Waals surface area contributed by atoms with Crippen LogP contribution in [0, 0.1) is 5.92 Å². The molecule has 2 rings (SSSR count). The Morgan fingerprint density at radius 1 is 1.50 bits per heavy atom. The van der Waals surface area contributed by atoms with Gasteiger partial charge in [0.25, 0.3) is 0 Å². The number of carbonyl (C=O) groups is 2. The third-order valence-corrected chi connectivity index (χ3v) is 4.16. The number of ether oxygens (including phenoxy) is 1. The molecule has 3 atom stereocenters. The van der Waals surface area contributed by atoms with Crippen molar-refractivity contribution in [2.75, 3.05) is 18.2 Å². The quantitative estimate of drug-likeness (QED) is 0.762. The van der Waals surface area contributed by atoms with E-state index in [4.69, 9.17) is 9.84 Å². The number of hydrogen-bond donors (Lipinski definition) is 1. The van der Waals surface area contributed by atoms with E-state index in [1.165, 1.54) is 16.7 Å². The number of hydrogen-bond acceptors (Lipinski definition) is 4. The summed E-state index contributed by atoms with van der Waals surface area (Å²) in [5.41, 5.74) is 0. The molecule has 0 saturated carbocycles. The fourth-order valence-corrected chi connectivity index (χ4v) is 3.29. The van der Waals surface area contributed by atoms with Crippen molar-refractivity contribution in [1.29, 1.82) is 0 Å². The van der Waals surface area contributed by atoms with Crippen molar-refractivity contribution >= 4 is 23.6 Å². The zero-order valence-electron chi connectivity index (χ0n) is 9.09. The van der Waals surface area contributed by atoms with E-state index in [0.29, 0.717) is 24.7 Å². The summed E-state index contributed by atoms with van der Waals surface area (Å²) in [5, 5.41) is 9.00. The minimum atomic E-state index is -0.912. The van der Waals surface area contributed by atoms with Crippen molar-refractivity contribution in [3.8, 4) is 0 Å². The fourth-order valence-electron chi connectivity index (χ4n) is 2.13. The molecule has 1 amide bonds. The lowest BCUT2D eigenvalue weighted by atomic mass is 10.0. The predicted molar refractivity (Wildman–Crippen MR) is 59.1 cm³/mol. The number of rotatable bonds is 2. The average molecular weight is 245 g/mol. The van der Waals surface area contributed by atoms with E-state index >= 15 is 0 Å². The second kappa shape index (κ2) is 4.63. The Morgan fingerprint density at radius 2 is 2.25 bits per heavy atom. The van der Waals surface area contributed by atoms with Gasteiger partial charge in [0.05, 0.1) is 17.9 Å². The summed E-state index contributed by atoms with van der Waals surface area (Å²) in [7, 11) is 0. The first-order valence-corrected chi connectivity index (χ1v) is 6.49. The summed E-state index contributed by atoms with van der Waals surface area (Å²) >= 11 is 1.49. The van der Waals surface area contributed by atoms with E-state index in [9.17, 15) is 9.59 Å². The largest absolute Gasteiger partial charge is 0.480 e. The predicted octanol–water partition coefficient (Wildman–Crippen LogP) is 0.397. The second-order valence-corrected chi connectivity index (χ2v) is 5.13. The first-order valence-electron chi connectivity index (χ1n) is 5.34. The molecular weight excluding hydrogens is 230 g/mol. The van der Waals surface area contributed by atoms with Crippen molar-refractivity contribution in [3.63, 3.8) is 0 Å². The topological polar surface area (TPSA) is 66.8 Å². The van der Waals surface area contributed by atoms with Gasteiger partial charge >= 0.3 is 5.97 Å². The zero-order valence-corrected chi connectivity index (χ0v) is 9.90. The van der Waals surface area contributed by atoms with E-state index in [-0.39, 0.29) is 17.9 Å². The van der Waals surface area contributed by atoms with Crippen molar-refractivity contribution < 1.29 is 19.4 Å². The maximum absolute atomic E-state index is 12.1. The lowest BCUT2D eigenvalue weighted by Crippen LogP contribution is -2.45. The van der Waals surface area contributed by atoms with Crippen LogP contribution in [-0.2, 0) is 14.3 Å². The van der Waals surface area contributed by atoms with Crippen LogP contribution in [0.2, 0.25) is 0 Å². The van der Waals surface area contributed by atoms with Crippen LogP contribution in [0.15, 0.2) is 0 Å². The molecule has 6 heteroatoms. The minimum Gasteiger partial charge on any atom is -0.480 e. The van der Waals surface area contributed by atoms with Crippen LogP contribution < -0.4 is 0 Å². The van der Waals surface area contributed by atoms with Gasteiger partial charge in [0.15, 0.2) is 0 Å². The first-order chi connectivity index (χ1) is 7.61. The molecule has 2 fully saturated rings. The number of thioether (sulfide) groups is 1. The molecule has 0 aromatic rings. The van der Waals surface area contributed by atoms with Gasteiger partial charge in [-0.15, -0.1) is 11.8 Å². The Bertz CT molecular complexity index is 309. The van der Waals surface area contributed by atoms with Crippen molar-refractivity contribution in [2.24, 2.45) is 5.92 Å². The smallest absolute Gasteiger partial charge is 0.327 e. The zero-order chi connectivity index (χ0) is 11.7. The van der Waals surface area contributed by atoms with E-state index in [1.54, 1.807) is 0 Å². The molecule has 3 unspecified atom stereocenters. The highest BCUT2D eigenvalue weighted by atomic mass is 32.2. The lowest BCUT2D eigenvalue weighted by Gasteiger charge is -2.25. The van der Waals surface area contributed by atoms with Crippen molar-refractivity contribution in [2.45, 2.75) is 25.5 Å². The van der Waals surface area contributed by atoms with Crippen LogP contribution in [0.25, 0.3) is 0 Å². The summed E-state index contributed by atoms with van der Waals surface area (Å²) in [4.78, 5) is 24.6. The number of amides is 1. The molecule has 0 spiro atoms. The van der Waals surface area contributed by atoms with Gasteiger partial charge in [0, 0.05) is 12.4 Å².